The van der Waals surface area contributed by atoms with Crippen molar-refractivity contribution in [2.45, 2.75) is 72.5 Å². The SMILES string of the molecule is CC1CC2C(=C(OCc3ccccc3)/C1=N/O)[C@@H](C)CC[C@@H]2[C@@H](C)CO[Si](c1ccccc1)(c1ccccc1)C(C)(C)C. The van der Waals surface area contributed by atoms with Gasteiger partial charge in [0.1, 0.15) is 18.1 Å². The molecule has 0 amide bonds. The summed E-state index contributed by atoms with van der Waals surface area (Å²) in [7, 11) is -2.62. The van der Waals surface area contributed by atoms with Crippen molar-refractivity contribution in [3.8, 4) is 0 Å². The van der Waals surface area contributed by atoms with Crippen LogP contribution in [-0.4, -0.2) is 25.8 Å². The van der Waals surface area contributed by atoms with Crippen molar-refractivity contribution in [1.82, 2.24) is 0 Å². The topological polar surface area (TPSA) is 51.0 Å². The Balaban J connectivity index is 1.47. The highest BCUT2D eigenvalue weighted by atomic mass is 28.4. The van der Waals surface area contributed by atoms with Crippen molar-refractivity contribution in [2.24, 2.45) is 34.7 Å². The van der Waals surface area contributed by atoms with Crippen molar-refractivity contribution >= 4 is 24.4 Å². The van der Waals surface area contributed by atoms with Gasteiger partial charge < -0.3 is 14.4 Å². The predicted molar refractivity (Wildman–Crippen MR) is 179 cm³/mol. The van der Waals surface area contributed by atoms with E-state index in [1.54, 1.807) is 0 Å². The molecule has 0 aliphatic heterocycles. The Hall–Kier alpha value is -3.15. The molecule has 1 saturated carbocycles. The van der Waals surface area contributed by atoms with Crippen LogP contribution in [0.3, 0.4) is 0 Å². The second kappa shape index (κ2) is 13.2. The Bertz CT molecular complexity index is 1360. The Labute approximate surface area is 260 Å². The third-order valence-corrected chi connectivity index (χ3v) is 15.0. The lowest BCUT2D eigenvalue weighted by molar-refractivity contribution is 0.109. The molecular formula is C38H49NO3Si. The lowest BCUT2D eigenvalue weighted by atomic mass is 9.61. The summed E-state index contributed by atoms with van der Waals surface area (Å²) in [6, 6.07) is 32.2. The number of allylic oxidation sites excluding steroid dienone is 2. The number of benzene rings is 3. The monoisotopic (exact) mass is 595 g/mol. The quantitative estimate of drug-likeness (QED) is 0.154. The molecule has 2 aliphatic rings. The van der Waals surface area contributed by atoms with Crippen LogP contribution >= 0.6 is 0 Å². The van der Waals surface area contributed by atoms with E-state index in [-0.39, 0.29) is 11.0 Å². The standard InChI is InChI=1S/C38H49NO3Si/c1-27-22-23-33(34-24-28(2)36(39-40)37(35(27)34)41-26-30-16-10-7-11-17-30)29(3)25-42-43(38(4,5)6,31-18-12-8-13-19-31)32-20-14-9-15-21-32/h7-21,27-29,33-34,40H,22-26H2,1-6H3/b39-36+/t27-,28?,29-,33+,34?/m0/s1. The van der Waals surface area contributed by atoms with E-state index in [4.69, 9.17) is 9.16 Å². The molecule has 0 spiro atoms. The van der Waals surface area contributed by atoms with Crippen LogP contribution in [0.4, 0.5) is 0 Å². The van der Waals surface area contributed by atoms with Gasteiger partial charge in [0.2, 0.25) is 0 Å². The van der Waals surface area contributed by atoms with Crippen LogP contribution in [-0.2, 0) is 15.8 Å². The van der Waals surface area contributed by atoms with Gasteiger partial charge in [-0.2, -0.15) is 0 Å². The number of hydrogen-bond donors (Lipinski definition) is 1. The molecule has 0 aromatic heterocycles. The fourth-order valence-corrected chi connectivity index (χ4v) is 12.5. The number of nitrogens with zero attached hydrogens (tertiary/aromatic N) is 1. The first-order valence-corrected chi connectivity index (χ1v) is 18.0. The van der Waals surface area contributed by atoms with Gasteiger partial charge in [-0.3, -0.25) is 0 Å². The zero-order chi connectivity index (χ0) is 30.6. The molecular weight excluding hydrogens is 547 g/mol. The average Bonchev–Trinajstić information content (AvgIpc) is 3.01. The zero-order valence-electron chi connectivity index (χ0n) is 26.8. The van der Waals surface area contributed by atoms with Crippen molar-refractivity contribution in [2.75, 3.05) is 6.61 Å². The van der Waals surface area contributed by atoms with E-state index in [0.717, 1.165) is 24.2 Å². The number of fused-ring (bicyclic) bond motifs is 1. The summed E-state index contributed by atoms with van der Waals surface area (Å²) < 4.78 is 14.0. The minimum Gasteiger partial charge on any atom is -0.487 e. The highest BCUT2D eigenvalue weighted by Gasteiger charge is 2.51. The Morgan fingerprint density at radius 3 is 1.93 bits per heavy atom. The van der Waals surface area contributed by atoms with Crippen LogP contribution in [0.15, 0.2) is 107 Å². The molecule has 4 nitrogen and oxygen atoms in total. The fourth-order valence-electron chi connectivity index (χ4n) is 7.81. The van der Waals surface area contributed by atoms with Gasteiger partial charge >= 0.3 is 0 Å². The van der Waals surface area contributed by atoms with Crippen LogP contribution in [0, 0.1) is 29.6 Å². The molecule has 1 N–H and O–H groups in total. The van der Waals surface area contributed by atoms with Gasteiger partial charge in [0, 0.05) is 12.5 Å². The third-order valence-electron chi connectivity index (χ3n) is 9.99. The predicted octanol–water partition coefficient (Wildman–Crippen LogP) is 8.20. The maximum Gasteiger partial charge on any atom is 0.261 e. The van der Waals surface area contributed by atoms with Crippen molar-refractivity contribution < 1.29 is 14.4 Å². The number of hydrogen-bond acceptors (Lipinski definition) is 4. The molecule has 43 heavy (non-hydrogen) atoms. The Morgan fingerprint density at radius 2 is 1.40 bits per heavy atom. The summed E-state index contributed by atoms with van der Waals surface area (Å²) in [5.41, 5.74) is 3.16. The van der Waals surface area contributed by atoms with Crippen molar-refractivity contribution in [3.63, 3.8) is 0 Å². The van der Waals surface area contributed by atoms with Gasteiger partial charge in [0.05, 0.1) is 0 Å². The summed E-state index contributed by atoms with van der Waals surface area (Å²) in [5.74, 6) is 2.56. The largest absolute Gasteiger partial charge is 0.487 e. The van der Waals surface area contributed by atoms with E-state index < -0.39 is 8.32 Å². The molecule has 228 valence electrons. The normalized spacial score (nSPS) is 24.5. The van der Waals surface area contributed by atoms with Gasteiger partial charge in [-0.15, -0.1) is 0 Å². The third kappa shape index (κ3) is 6.25. The van der Waals surface area contributed by atoms with Gasteiger partial charge in [0.25, 0.3) is 8.32 Å². The molecule has 5 atom stereocenters. The fraction of sp³-hybridized carbons (Fsp3) is 0.447. The van der Waals surface area contributed by atoms with Crippen LogP contribution in [0.25, 0.3) is 0 Å². The van der Waals surface area contributed by atoms with E-state index in [2.05, 4.69) is 119 Å². The molecule has 0 heterocycles. The Morgan fingerprint density at radius 1 is 0.837 bits per heavy atom. The van der Waals surface area contributed by atoms with Crippen LogP contribution in [0.1, 0.15) is 66.4 Å². The minimum atomic E-state index is -2.62. The first-order chi connectivity index (χ1) is 20.7. The lowest BCUT2D eigenvalue weighted by Gasteiger charge is -2.47. The van der Waals surface area contributed by atoms with E-state index in [9.17, 15) is 5.21 Å². The van der Waals surface area contributed by atoms with E-state index in [1.165, 1.54) is 22.4 Å². The minimum absolute atomic E-state index is 0.0497. The van der Waals surface area contributed by atoms with Crippen LogP contribution < -0.4 is 10.4 Å². The number of oxime groups is 1. The molecule has 1 fully saturated rings. The molecule has 3 aromatic carbocycles. The molecule has 0 radical (unpaired) electrons. The molecule has 3 aromatic rings. The van der Waals surface area contributed by atoms with Crippen LogP contribution in [0.5, 0.6) is 0 Å². The van der Waals surface area contributed by atoms with Crippen molar-refractivity contribution in [1.29, 1.82) is 0 Å². The summed E-state index contributed by atoms with van der Waals surface area (Å²) in [5, 5.41) is 16.5. The zero-order valence-corrected chi connectivity index (χ0v) is 27.8. The summed E-state index contributed by atoms with van der Waals surface area (Å²) in [6.45, 7) is 15.1. The maximum absolute atomic E-state index is 10.1. The smallest absolute Gasteiger partial charge is 0.261 e. The van der Waals surface area contributed by atoms with Gasteiger partial charge in [0.15, 0.2) is 0 Å². The summed E-state index contributed by atoms with van der Waals surface area (Å²) >= 11 is 0. The first kappa shape index (κ1) is 31.3. The molecule has 2 aliphatic carbocycles. The Kier molecular flexibility index (Phi) is 9.62. The van der Waals surface area contributed by atoms with Crippen molar-refractivity contribution in [3.05, 3.63) is 108 Å². The molecule has 0 saturated heterocycles. The van der Waals surface area contributed by atoms with E-state index in [0.29, 0.717) is 42.6 Å². The second-order valence-electron chi connectivity index (χ2n) is 13.9. The first-order valence-electron chi connectivity index (χ1n) is 16.1. The average molecular weight is 596 g/mol. The van der Waals surface area contributed by atoms with Gasteiger partial charge in [-0.25, -0.2) is 0 Å². The van der Waals surface area contributed by atoms with Crippen LogP contribution in [0.2, 0.25) is 5.04 Å². The van der Waals surface area contributed by atoms with Gasteiger partial charge in [-0.1, -0.05) is 138 Å². The molecule has 0 bridgehead atoms. The summed E-state index contributed by atoms with van der Waals surface area (Å²) in [4.78, 5) is 0. The van der Waals surface area contributed by atoms with Gasteiger partial charge in [-0.05, 0) is 69.5 Å². The maximum atomic E-state index is 10.1. The van der Waals surface area contributed by atoms with E-state index in [1.807, 2.05) is 18.2 Å². The summed E-state index contributed by atoms with van der Waals surface area (Å²) in [6.07, 6.45) is 3.25. The molecule has 2 unspecified atom stereocenters. The highest BCUT2D eigenvalue weighted by Crippen LogP contribution is 2.50. The second-order valence-corrected chi connectivity index (χ2v) is 18.2. The van der Waals surface area contributed by atoms with E-state index >= 15 is 0 Å². The highest BCUT2D eigenvalue weighted by molar-refractivity contribution is 6.99. The number of rotatable bonds is 9. The lowest BCUT2D eigenvalue weighted by Crippen LogP contribution is -2.67. The molecule has 5 heteroatoms. The molecule has 5 rings (SSSR count). The number of ether oxygens (including phenoxy) is 1.